The van der Waals surface area contributed by atoms with E-state index in [1.165, 1.54) is 0 Å². The Bertz CT molecular complexity index is 2220. The van der Waals surface area contributed by atoms with Crippen molar-refractivity contribution >= 4 is 39.3 Å². The van der Waals surface area contributed by atoms with Gasteiger partial charge in [0.1, 0.15) is 0 Å². The van der Waals surface area contributed by atoms with Crippen LogP contribution >= 0.6 is 0 Å². The highest BCUT2D eigenvalue weighted by atomic mass is 16.4. The Balaban J connectivity index is 1.92. The van der Waals surface area contributed by atoms with Crippen molar-refractivity contribution in [3.63, 3.8) is 0 Å². The largest absolute Gasteiger partial charge is 0.545 e. The van der Waals surface area contributed by atoms with Crippen molar-refractivity contribution in [1.29, 1.82) is 0 Å². The van der Waals surface area contributed by atoms with Crippen LogP contribution in [-0.4, -0.2) is 32.0 Å². The molecule has 0 atom stereocenters. The molecule has 0 amide bonds. The van der Waals surface area contributed by atoms with Crippen molar-refractivity contribution in [2.24, 2.45) is 0 Å². The van der Waals surface area contributed by atoms with Crippen LogP contribution < -0.4 is 14.9 Å². The molecule has 2 saturated heterocycles. The number of benzene rings is 3. The summed E-state index contributed by atoms with van der Waals surface area (Å²) < 4.78 is 190. The summed E-state index contributed by atoms with van der Waals surface area (Å²) in [5.41, 5.74) is -7.63. The molecule has 0 spiro atoms. The molecule has 0 unspecified atom stereocenters. The van der Waals surface area contributed by atoms with Crippen LogP contribution in [0.15, 0.2) is 64.8 Å². The Morgan fingerprint density at radius 1 is 0.871 bits per heavy atom. The zero-order chi connectivity index (χ0) is 40.4. The van der Waals surface area contributed by atoms with Gasteiger partial charge >= 0.3 is 11.2 Å². The summed E-state index contributed by atoms with van der Waals surface area (Å²) in [4.78, 5) is 12.6. The molecule has 5 nitrogen and oxygen atoms in total. The molecule has 0 bridgehead atoms. The van der Waals surface area contributed by atoms with Gasteiger partial charge in [-0.2, -0.15) is 0 Å². The Morgan fingerprint density at radius 3 is 1.97 bits per heavy atom. The number of nitrogens with zero attached hydrogens (tertiary/aromatic N) is 2. The number of carboxylic acids is 1. The van der Waals surface area contributed by atoms with E-state index in [9.17, 15) is 9.90 Å². The van der Waals surface area contributed by atoms with Gasteiger partial charge in [0.05, 0.1) is 42.5 Å². The smallest absolute Gasteiger partial charge is 0.363 e. The van der Waals surface area contributed by atoms with E-state index >= 15 is 0 Å². The quantitative estimate of drug-likeness (QED) is 0.355. The Morgan fingerprint density at radius 2 is 1.42 bits per heavy atom. The highest BCUT2D eigenvalue weighted by molar-refractivity contribution is 6.12. The van der Waals surface area contributed by atoms with E-state index in [0.717, 1.165) is 0 Å². The molecule has 0 saturated carbocycles. The van der Waals surface area contributed by atoms with Crippen molar-refractivity contribution in [3.8, 4) is 11.1 Å². The van der Waals surface area contributed by atoms with Crippen LogP contribution in [-0.2, 0) is 0 Å². The van der Waals surface area contributed by atoms with E-state index < -0.39 is 155 Å². The van der Waals surface area contributed by atoms with Crippen molar-refractivity contribution in [3.05, 3.63) is 66.0 Å². The number of fused-ring (bicyclic) bond motifs is 2. The van der Waals surface area contributed by atoms with Gasteiger partial charge < -0.3 is 19.7 Å². The number of hydrogen-bond acceptors (Lipinski definition) is 4. The molecular weight excluding hydrogens is 388 g/mol. The van der Waals surface area contributed by atoms with E-state index in [0.29, 0.717) is 0 Å². The van der Waals surface area contributed by atoms with E-state index in [4.69, 9.17) is 34.6 Å². The zero-order valence-corrected chi connectivity index (χ0v) is 15.1. The van der Waals surface area contributed by atoms with Crippen LogP contribution in [0, 0.1) is 0 Å². The van der Waals surface area contributed by atoms with Crippen LogP contribution in [0.2, 0.25) is 0 Å². The summed E-state index contributed by atoms with van der Waals surface area (Å²) >= 11 is 0. The molecule has 5 heteroatoms. The van der Waals surface area contributed by atoms with Gasteiger partial charge in [-0.3, -0.25) is 0 Å². The summed E-state index contributed by atoms with van der Waals surface area (Å²) in [6, 6.07) is -11.8. The maximum Gasteiger partial charge on any atom is 0.363 e. The molecular formula is C26H22N2O3. The maximum atomic E-state index is 12.6. The minimum absolute atomic E-state index is 0.0316. The number of rotatable bonds is 4. The number of anilines is 2. The van der Waals surface area contributed by atoms with Crippen molar-refractivity contribution in [2.45, 2.75) is 12.7 Å². The van der Waals surface area contributed by atoms with Crippen LogP contribution in [0.3, 0.4) is 0 Å². The van der Waals surface area contributed by atoms with Gasteiger partial charge in [-0.15, -0.1) is 0 Å². The fraction of sp³-hybridized carbons (Fsp3) is 0.231. The lowest BCUT2D eigenvalue weighted by Crippen LogP contribution is -2.36. The highest BCUT2D eigenvalue weighted by Gasteiger charge is 2.26. The zero-order valence-electron chi connectivity index (χ0n) is 37.1. The van der Waals surface area contributed by atoms with E-state index in [-0.39, 0.29) is 9.80 Å². The van der Waals surface area contributed by atoms with Gasteiger partial charge in [0, 0.05) is 64.9 Å². The first-order valence-electron chi connectivity index (χ1n) is 19.7. The van der Waals surface area contributed by atoms with Gasteiger partial charge in [0.2, 0.25) is 0 Å². The molecule has 0 radical (unpaired) electrons. The predicted octanol–water partition coefficient (Wildman–Crippen LogP) is 4.32. The standard InChI is InChI=1S/C26H22N2O3/c29-26(30)20-6-2-1-5-19(20)25-21-9-7-17(27-11-3-12-27)15-23(21)31-24-16-18(8-10-22(24)25)28-13-4-14-28/h1-2,5-10,15-16H,3-4,11-14H2/i1D,2D,3D2,4D2,5D,6D,7D,8D,9D,10D,11D2,12D2,13D2,14D2,15D,16D. The Labute approximate surface area is 211 Å². The third-order valence-electron chi connectivity index (χ3n) is 4.49. The number of hydrogen-bond donors (Lipinski definition) is 0. The molecule has 3 heterocycles. The highest BCUT2D eigenvalue weighted by Crippen LogP contribution is 2.41. The summed E-state index contributed by atoms with van der Waals surface area (Å²) in [6.07, 6.45) is -6.54. The molecule has 2 fully saturated rings. The molecule has 0 N–H and O–H groups in total. The average molecular weight is 433 g/mol. The van der Waals surface area contributed by atoms with E-state index in [1.807, 2.05) is 0 Å². The van der Waals surface area contributed by atoms with E-state index in [2.05, 4.69) is 0 Å². The first kappa shape index (κ1) is 6.45. The predicted molar refractivity (Wildman–Crippen MR) is 122 cm³/mol. The third-order valence-corrected chi connectivity index (χ3v) is 4.49. The first-order valence-corrected chi connectivity index (χ1v) is 8.66. The molecule has 0 aliphatic carbocycles. The first-order chi connectivity index (χ1) is 23.9. The fourth-order valence-corrected chi connectivity index (χ4v) is 3.07. The molecule has 31 heavy (non-hydrogen) atoms. The third kappa shape index (κ3) is 2.92. The lowest BCUT2D eigenvalue weighted by molar-refractivity contribution is -0.254. The molecule has 2 aliphatic rings. The lowest BCUT2D eigenvalue weighted by Gasteiger charge is -2.33. The minimum Gasteiger partial charge on any atom is -0.545 e. The van der Waals surface area contributed by atoms with Gasteiger partial charge in [-0.05, 0) is 42.5 Å². The van der Waals surface area contributed by atoms with Crippen molar-refractivity contribution in [1.82, 2.24) is 0 Å². The molecule has 6 rings (SSSR count). The SMILES string of the molecule is [2H]c1c([2H])c([2H])c(-c2c3c([2H])c([2H])c(N4C([2H])([2H])C([2H])([2H])C4([2H])[2H])c([2H])c3[o+]c3c([2H])c(N4C([2H])([2H])C([2H])([2H])C4([2H])[2H])c([2H])c([2H])c23)c(C(=O)[O-])c1[2H]. The van der Waals surface area contributed by atoms with Gasteiger partial charge in [0.15, 0.2) is 0 Å². The summed E-state index contributed by atoms with van der Waals surface area (Å²) in [6.45, 7) is -13.2. The second-order valence-electron chi connectivity index (χ2n) is 6.24. The number of carbonyl (C=O) groups is 1. The fourth-order valence-electron chi connectivity index (χ4n) is 3.07. The number of aromatic carboxylic acids is 1. The summed E-state index contributed by atoms with van der Waals surface area (Å²) in [7, 11) is 0. The summed E-state index contributed by atoms with van der Waals surface area (Å²) in [5, 5.41) is 10.7. The van der Waals surface area contributed by atoms with E-state index in [1.54, 1.807) is 0 Å². The molecule has 3 aromatic carbocycles. The van der Waals surface area contributed by atoms with Crippen molar-refractivity contribution < 1.29 is 44.5 Å². The molecule has 1 aromatic heterocycles. The van der Waals surface area contributed by atoms with Crippen LogP contribution in [0.5, 0.6) is 0 Å². The second kappa shape index (κ2) is 6.98. The molecule has 154 valence electrons. The minimum atomic E-state index is -3.29. The maximum absolute atomic E-state index is 12.6. The second-order valence-corrected chi connectivity index (χ2v) is 6.24. The van der Waals surface area contributed by atoms with Gasteiger partial charge in [0.25, 0.3) is 0 Å². The van der Waals surface area contributed by atoms with Gasteiger partial charge in [-0.1, -0.05) is 24.2 Å². The lowest BCUT2D eigenvalue weighted by atomic mass is 9.93. The number of carboxylic acid groups (broad SMARTS) is 1. The average Bonchev–Trinajstić information content (AvgIpc) is 3.04. The Kier molecular flexibility index (Phi) is 1.45. The van der Waals surface area contributed by atoms with Crippen LogP contribution in [0.25, 0.3) is 33.1 Å². The van der Waals surface area contributed by atoms with Crippen LogP contribution in [0.1, 0.15) is 53.3 Å². The number of carbonyl (C=O) groups excluding carboxylic acids is 1. The van der Waals surface area contributed by atoms with Gasteiger partial charge in [-0.25, -0.2) is 4.42 Å². The Hall–Kier alpha value is -3.60. The van der Waals surface area contributed by atoms with Crippen LogP contribution in [0.4, 0.5) is 11.4 Å². The summed E-state index contributed by atoms with van der Waals surface area (Å²) in [5.74, 6) is -2.25. The molecule has 4 aromatic rings. The monoisotopic (exact) mass is 432 g/mol. The normalized spacial score (nSPS) is 35.7. The molecule has 2 aliphatic heterocycles. The topological polar surface area (TPSA) is 57.9 Å². The van der Waals surface area contributed by atoms with Crippen molar-refractivity contribution in [2.75, 3.05) is 35.8 Å².